The molecule has 0 unspecified atom stereocenters. The summed E-state index contributed by atoms with van der Waals surface area (Å²) in [6.07, 6.45) is 2.49. The molecule has 0 amide bonds. The van der Waals surface area contributed by atoms with Gasteiger partial charge in [0.1, 0.15) is 10.8 Å². The van der Waals surface area contributed by atoms with Gasteiger partial charge >= 0.3 is 0 Å². The van der Waals surface area contributed by atoms with E-state index in [0.29, 0.717) is 24.4 Å². The van der Waals surface area contributed by atoms with Gasteiger partial charge in [0.25, 0.3) is 0 Å². The average Bonchev–Trinajstić information content (AvgIpc) is 3.08. The van der Waals surface area contributed by atoms with E-state index < -0.39 is 0 Å². The molecule has 2 aromatic heterocycles. The Labute approximate surface area is 125 Å². The van der Waals surface area contributed by atoms with Crippen molar-refractivity contribution in [3.05, 3.63) is 46.2 Å². The van der Waals surface area contributed by atoms with Crippen LogP contribution >= 0.6 is 22.9 Å². The van der Waals surface area contributed by atoms with E-state index in [1.807, 2.05) is 17.5 Å². The van der Waals surface area contributed by atoms with Gasteiger partial charge in [-0.25, -0.2) is 9.97 Å². The van der Waals surface area contributed by atoms with Crippen LogP contribution in [0.15, 0.2) is 29.8 Å². The summed E-state index contributed by atoms with van der Waals surface area (Å²) in [5, 5.41) is 12.0. The highest BCUT2D eigenvalue weighted by atomic mass is 35.5. The maximum atomic E-state index is 9.04. The van der Waals surface area contributed by atoms with Crippen LogP contribution in [0.1, 0.15) is 16.4 Å². The molecule has 0 N–H and O–H groups in total. The number of thiazole rings is 1. The van der Waals surface area contributed by atoms with Crippen LogP contribution in [0, 0.1) is 11.3 Å². The average molecular weight is 303 g/mol. The van der Waals surface area contributed by atoms with Gasteiger partial charge in [-0.15, -0.1) is 22.9 Å². The highest BCUT2D eigenvalue weighted by molar-refractivity contribution is 7.09. The molecular formula is C14H11ClN4S. The molecule has 0 fully saturated rings. The number of nitriles is 1. The first-order valence-electron chi connectivity index (χ1n) is 6.15. The van der Waals surface area contributed by atoms with Crippen LogP contribution in [-0.2, 0) is 13.0 Å². The van der Waals surface area contributed by atoms with Crippen molar-refractivity contribution in [2.45, 2.75) is 13.0 Å². The molecule has 0 aliphatic heterocycles. The van der Waals surface area contributed by atoms with Crippen molar-refractivity contribution >= 4 is 34.0 Å². The van der Waals surface area contributed by atoms with Gasteiger partial charge in [-0.1, -0.05) is 0 Å². The van der Waals surface area contributed by atoms with Gasteiger partial charge in [-0.05, 0) is 18.2 Å². The Morgan fingerprint density at radius 1 is 1.40 bits per heavy atom. The number of halogens is 1. The number of alkyl halides is 1. The van der Waals surface area contributed by atoms with Crippen molar-refractivity contribution in [2.24, 2.45) is 0 Å². The van der Waals surface area contributed by atoms with E-state index >= 15 is 0 Å². The van der Waals surface area contributed by atoms with Gasteiger partial charge in [-0.3, -0.25) is 0 Å². The Morgan fingerprint density at radius 3 is 3.00 bits per heavy atom. The Kier molecular flexibility index (Phi) is 3.68. The molecule has 0 atom stereocenters. The summed E-state index contributed by atoms with van der Waals surface area (Å²) in [5.41, 5.74) is 2.48. The molecule has 0 saturated carbocycles. The fourth-order valence-corrected chi connectivity index (χ4v) is 2.93. The first kappa shape index (κ1) is 13.1. The topological polar surface area (TPSA) is 54.5 Å². The molecule has 0 saturated heterocycles. The lowest BCUT2D eigenvalue weighted by atomic mass is 10.2. The largest absolute Gasteiger partial charge is 0.321 e. The number of aryl methyl sites for hydroxylation is 1. The van der Waals surface area contributed by atoms with E-state index in [0.717, 1.165) is 21.9 Å². The predicted octanol–water partition coefficient (Wildman–Crippen LogP) is 3.19. The minimum Gasteiger partial charge on any atom is -0.321 e. The summed E-state index contributed by atoms with van der Waals surface area (Å²) < 4.78 is 2.09. The van der Waals surface area contributed by atoms with Crippen molar-refractivity contribution in [3.63, 3.8) is 0 Å². The zero-order chi connectivity index (χ0) is 13.9. The second-order valence-electron chi connectivity index (χ2n) is 4.29. The first-order valence-corrected chi connectivity index (χ1v) is 7.57. The maximum Gasteiger partial charge on any atom is 0.112 e. The van der Waals surface area contributed by atoms with Crippen molar-refractivity contribution in [3.8, 4) is 6.07 Å². The molecule has 100 valence electrons. The van der Waals surface area contributed by atoms with E-state index in [1.165, 1.54) is 0 Å². The van der Waals surface area contributed by atoms with E-state index in [1.54, 1.807) is 23.6 Å². The molecule has 2 heterocycles. The summed E-state index contributed by atoms with van der Waals surface area (Å²) in [6.45, 7) is 0.662. The van der Waals surface area contributed by atoms with E-state index in [4.69, 9.17) is 16.9 Å². The Hall–Kier alpha value is -1.90. The minimum atomic E-state index is 0.520. The quantitative estimate of drug-likeness (QED) is 0.695. The monoisotopic (exact) mass is 302 g/mol. The van der Waals surface area contributed by atoms with Crippen LogP contribution in [-0.4, -0.2) is 20.4 Å². The van der Waals surface area contributed by atoms with Crippen LogP contribution in [0.4, 0.5) is 0 Å². The van der Waals surface area contributed by atoms with Gasteiger partial charge in [0.2, 0.25) is 0 Å². The van der Waals surface area contributed by atoms with Gasteiger partial charge in [-0.2, -0.15) is 5.26 Å². The van der Waals surface area contributed by atoms with Gasteiger partial charge < -0.3 is 4.57 Å². The number of fused-ring (bicyclic) bond motifs is 1. The first-order chi connectivity index (χ1) is 9.81. The minimum absolute atomic E-state index is 0.520. The molecule has 4 nitrogen and oxygen atoms in total. The number of aromatic nitrogens is 3. The standard InChI is InChI=1S/C14H11ClN4S/c15-4-3-13-18-11-2-1-10(8-16)7-12(11)19(13)9-14-17-5-6-20-14/h1-2,5-7H,3-4,9H2. The smallest absolute Gasteiger partial charge is 0.112 e. The van der Waals surface area contributed by atoms with Crippen molar-refractivity contribution in [1.82, 2.24) is 14.5 Å². The highest BCUT2D eigenvalue weighted by Gasteiger charge is 2.12. The fourth-order valence-electron chi connectivity index (χ4n) is 2.16. The molecule has 0 aliphatic rings. The van der Waals surface area contributed by atoms with Crippen molar-refractivity contribution in [1.29, 1.82) is 5.26 Å². The molecule has 0 aliphatic carbocycles. The van der Waals surface area contributed by atoms with Crippen molar-refractivity contribution < 1.29 is 0 Å². The Morgan fingerprint density at radius 2 is 2.30 bits per heavy atom. The van der Waals surface area contributed by atoms with Crippen LogP contribution in [0.2, 0.25) is 0 Å². The molecule has 3 rings (SSSR count). The fraction of sp³-hybridized carbons (Fsp3) is 0.214. The van der Waals surface area contributed by atoms with Crippen LogP contribution in [0.3, 0.4) is 0 Å². The van der Waals surface area contributed by atoms with Gasteiger partial charge in [0.05, 0.1) is 29.2 Å². The third kappa shape index (κ3) is 2.40. The van der Waals surface area contributed by atoms with Crippen molar-refractivity contribution in [2.75, 3.05) is 5.88 Å². The lowest BCUT2D eigenvalue weighted by Crippen LogP contribution is -2.05. The number of hydrogen-bond donors (Lipinski definition) is 0. The zero-order valence-electron chi connectivity index (χ0n) is 10.6. The molecule has 1 aromatic carbocycles. The lowest BCUT2D eigenvalue weighted by Gasteiger charge is -2.06. The SMILES string of the molecule is N#Cc1ccc2nc(CCCl)n(Cc3nccs3)c2c1. The summed E-state index contributed by atoms with van der Waals surface area (Å²) in [4.78, 5) is 8.92. The number of hydrogen-bond acceptors (Lipinski definition) is 4. The molecule has 20 heavy (non-hydrogen) atoms. The van der Waals surface area contributed by atoms with E-state index in [2.05, 4.69) is 20.6 Å². The second-order valence-corrected chi connectivity index (χ2v) is 5.65. The Bertz CT molecular complexity index is 770. The number of imidazole rings is 1. The highest BCUT2D eigenvalue weighted by Crippen LogP contribution is 2.21. The third-order valence-corrected chi connectivity index (χ3v) is 4.00. The predicted molar refractivity (Wildman–Crippen MR) is 80.1 cm³/mol. The zero-order valence-corrected chi connectivity index (χ0v) is 12.2. The van der Waals surface area contributed by atoms with Crippen LogP contribution < -0.4 is 0 Å². The summed E-state index contributed by atoms with van der Waals surface area (Å²) in [7, 11) is 0. The molecule has 0 radical (unpaired) electrons. The summed E-state index contributed by atoms with van der Waals surface area (Å²) in [6, 6.07) is 7.70. The Balaban J connectivity index is 2.14. The summed E-state index contributed by atoms with van der Waals surface area (Å²) in [5.74, 6) is 1.45. The number of benzene rings is 1. The normalized spacial score (nSPS) is 10.8. The third-order valence-electron chi connectivity index (χ3n) is 3.05. The number of rotatable bonds is 4. The van der Waals surface area contributed by atoms with E-state index in [9.17, 15) is 0 Å². The van der Waals surface area contributed by atoms with E-state index in [-0.39, 0.29) is 0 Å². The molecule has 0 spiro atoms. The lowest BCUT2D eigenvalue weighted by molar-refractivity contribution is 0.750. The van der Waals surface area contributed by atoms with Gasteiger partial charge in [0.15, 0.2) is 0 Å². The second kappa shape index (κ2) is 5.61. The van der Waals surface area contributed by atoms with Crippen LogP contribution in [0.25, 0.3) is 11.0 Å². The molecular weight excluding hydrogens is 292 g/mol. The molecule has 3 aromatic rings. The number of nitrogens with zero attached hydrogens (tertiary/aromatic N) is 4. The van der Waals surface area contributed by atoms with Crippen LogP contribution in [0.5, 0.6) is 0 Å². The molecule has 6 heteroatoms. The summed E-state index contributed by atoms with van der Waals surface area (Å²) >= 11 is 7.47. The maximum absolute atomic E-state index is 9.04. The molecule has 0 bridgehead atoms. The van der Waals surface area contributed by atoms with Gasteiger partial charge in [0, 0.05) is 23.9 Å².